The number of carboxylic acid groups (broad SMARTS) is 1. The molecule has 0 aliphatic carbocycles. The van der Waals surface area contributed by atoms with Crippen molar-refractivity contribution in [2.75, 3.05) is 12.4 Å². The highest BCUT2D eigenvalue weighted by Gasteiger charge is 2.17. The van der Waals surface area contributed by atoms with Gasteiger partial charge < -0.3 is 15.2 Å². The molecule has 1 aromatic rings. The Morgan fingerprint density at radius 2 is 2.17 bits per heavy atom. The molecule has 1 atom stereocenters. The van der Waals surface area contributed by atoms with Crippen molar-refractivity contribution < 1.29 is 23.8 Å². The molecule has 1 unspecified atom stereocenters. The lowest BCUT2D eigenvalue weighted by molar-refractivity contribution is -0.137. The van der Waals surface area contributed by atoms with Gasteiger partial charge in [-0.15, -0.1) is 0 Å². The Kier molecular flexibility index (Phi) is 4.65. The first-order valence-corrected chi connectivity index (χ1v) is 5.36. The van der Waals surface area contributed by atoms with Gasteiger partial charge in [-0.2, -0.15) is 0 Å². The summed E-state index contributed by atoms with van der Waals surface area (Å²) in [7, 11) is 1.15. The number of ether oxygens (including phenoxy) is 1. The molecule has 0 aliphatic rings. The van der Waals surface area contributed by atoms with Gasteiger partial charge in [-0.1, -0.05) is 6.92 Å². The lowest BCUT2D eigenvalue weighted by Crippen LogP contribution is -2.28. The molecule has 0 saturated heterocycles. The summed E-state index contributed by atoms with van der Waals surface area (Å²) in [5.74, 6) is -2.53. The molecule has 5 nitrogen and oxygen atoms in total. The van der Waals surface area contributed by atoms with E-state index in [-0.39, 0.29) is 5.56 Å². The van der Waals surface area contributed by atoms with Gasteiger partial charge in [0.25, 0.3) is 0 Å². The lowest BCUT2D eigenvalue weighted by atomic mass is 10.1. The summed E-state index contributed by atoms with van der Waals surface area (Å²) in [5, 5.41) is 11.6. The van der Waals surface area contributed by atoms with Crippen LogP contribution in [0, 0.1) is 5.82 Å². The molecule has 0 aromatic heterocycles. The highest BCUT2D eigenvalue weighted by molar-refractivity contribution is 5.91. The van der Waals surface area contributed by atoms with E-state index in [1.54, 1.807) is 6.92 Å². The highest BCUT2D eigenvalue weighted by Crippen LogP contribution is 2.17. The van der Waals surface area contributed by atoms with Gasteiger partial charge in [-0.05, 0) is 24.6 Å². The minimum absolute atomic E-state index is 0.234. The molecule has 1 aromatic carbocycles. The minimum Gasteiger partial charge on any atom is -0.480 e. The van der Waals surface area contributed by atoms with Gasteiger partial charge in [-0.3, -0.25) is 0 Å². The number of esters is 1. The van der Waals surface area contributed by atoms with Gasteiger partial charge in [0.15, 0.2) is 0 Å². The van der Waals surface area contributed by atoms with Crippen LogP contribution in [-0.2, 0) is 9.53 Å². The van der Waals surface area contributed by atoms with E-state index < -0.39 is 23.8 Å². The predicted octanol–water partition coefficient (Wildman–Crippen LogP) is 1.89. The van der Waals surface area contributed by atoms with Crippen LogP contribution in [0.15, 0.2) is 18.2 Å². The lowest BCUT2D eigenvalue weighted by Gasteiger charge is -2.14. The number of anilines is 1. The van der Waals surface area contributed by atoms with Crippen molar-refractivity contribution >= 4 is 17.6 Å². The van der Waals surface area contributed by atoms with Crippen LogP contribution in [0.25, 0.3) is 0 Å². The van der Waals surface area contributed by atoms with Crippen LogP contribution < -0.4 is 5.32 Å². The fraction of sp³-hybridized carbons (Fsp3) is 0.333. The average molecular weight is 255 g/mol. The smallest absolute Gasteiger partial charge is 0.340 e. The van der Waals surface area contributed by atoms with E-state index in [1.165, 1.54) is 12.1 Å². The number of carboxylic acids is 1. The Bertz CT molecular complexity index is 461. The molecule has 6 heteroatoms. The summed E-state index contributed by atoms with van der Waals surface area (Å²) in [6, 6.07) is 2.89. The first-order valence-electron chi connectivity index (χ1n) is 5.36. The number of nitrogens with one attached hydrogen (secondary N) is 1. The average Bonchev–Trinajstić information content (AvgIpc) is 2.36. The number of benzene rings is 1. The number of carbonyl (C=O) groups is 2. The van der Waals surface area contributed by atoms with E-state index in [0.29, 0.717) is 12.1 Å². The molecular weight excluding hydrogens is 241 g/mol. The van der Waals surface area contributed by atoms with E-state index >= 15 is 0 Å². The zero-order valence-corrected chi connectivity index (χ0v) is 10.1. The molecule has 18 heavy (non-hydrogen) atoms. The molecule has 1 rings (SSSR count). The highest BCUT2D eigenvalue weighted by atomic mass is 19.1. The molecule has 0 bridgehead atoms. The standard InChI is InChI=1S/C12H14FNO4/c1-3-10(11(15)16)14-7-4-5-9(13)8(6-7)12(17)18-2/h4-6,10,14H,3H2,1-2H3,(H,15,16). The van der Waals surface area contributed by atoms with Gasteiger partial charge in [0.2, 0.25) is 0 Å². The second kappa shape index (κ2) is 6.00. The third kappa shape index (κ3) is 3.19. The molecule has 98 valence electrons. The third-order valence-corrected chi connectivity index (χ3v) is 2.42. The zero-order valence-electron chi connectivity index (χ0n) is 10.1. The summed E-state index contributed by atoms with van der Waals surface area (Å²) in [6.45, 7) is 1.70. The van der Waals surface area contributed by atoms with Crippen molar-refractivity contribution in [1.82, 2.24) is 0 Å². The maximum Gasteiger partial charge on any atom is 0.340 e. The van der Waals surface area contributed by atoms with E-state index in [0.717, 1.165) is 13.2 Å². The SMILES string of the molecule is CCC(Nc1ccc(F)c(C(=O)OC)c1)C(=O)O. The normalized spacial score (nSPS) is 11.7. The third-order valence-electron chi connectivity index (χ3n) is 2.42. The molecule has 0 radical (unpaired) electrons. The van der Waals surface area contributed by atoms with Crippen molar-refractivity contribution in [2.24, 2.45) is 0 Å². The van der Waals surface area contributed by atoms with Crippen LogP contribution >= 0.6 is 0 Å². The first-order chi connectivity index (χ1) is 8.49. The van der Waals surface area contributed by atoms with Crippen molar-refractivity contribution in [3.05, 3.63) is 29.6 Å². The molecule has 0 amide bonds. The minimum atomic E-state index is -1.01. The second-order valence-electron chi connectivity index (χ2n) is 3.63. The molecule has 0 spiro atoms. The van der Waals surface area contributed by atoms with Gasteiger partial charge >= 0.3 is 11.9 Å². The number of methoxy groups -OCH3 is 1. The molecule has 0 aliphatic heterocycles. The molecule has 0 saturated carbocycles. The molecule has 0 fully saturated rings. The summed E-state index contributed by atoms with van der Waals surface area (Å²) < 4.78 is 17.8. The quantitative estimate of drug-likeness (QED) is 0.786. The van der Waals surface area contributed by atoms with Gasteiger partial charge in [0, 0.05) is 5.69 Å². The summed E-state index contributed by atoms with van der Waals surface area (Å²) in [5.41, 5.74) is 0.119. The zero-order chi connectivity index (χ0) is 13.7. The second-order valence-corrected chi connectivity index (χ2v) is 3.63. The van der Waals surface area contributed by atoms with E-state index in [2.05, 4.69) is 10.1 Å². The van der Waals surface area contributed by atoms with Crippen LogP contribution in [0.4, 0.5) is 10.1 Å². The van der Waals surface area contributed by atoms with Crippen LogP contribution in [0.3, 0.4) is 0 Å². The largest absolute Gasteiger partial charge is 0.480 e. The van der Waals surface area contributed by atoms with Crippen molar-refractivity contribution in [3.63, 3.8) is 0 Å². The molecule has 0 heterocycles. The Morgan fingerprint density at radius 1 is 1.50 bits per heavy atom. The molecular formula is C12H14FNO4. The maximum absolute atomic E-state index is 13.3. The van der Waals surface area contributed by atoms with Gasteiger partial charge in [-0.25, -0.2) is 14.0 Å². The summed E-state index contributed by atoms with van der Waals surface area (Å²) >= 11 is 0. The number of carbonyl (C=O) groups excluding carboxylic acids is 1. The van der Waals surface area contributed by atoms with E-state index in [9.17, 15) is 14.0 Å². The van der Waals surface area contributed by atoms with Crippen LogP contribution in [0.1, 0.15) is 23.7 Å². The number of aliphatic carboxylic acids is 1. The van der Waals surface area contributed by atoms with Gasteiger partial charge in [0.1, 0.15) is 11.9 Å². The van der Waals surface area contributed by atoms with Crippen molar-refractivity contribution in [1.29, 1.82) is 0 Å². The van der Waals surface area contributed by atoms with E-state index in [1.807, 2.05) is 0 Å². The summed E-state index contributed by atoms with van der Waals surface area (Å²) in [6.07, 6.45) is 0.361. The van der Waals surface area contributed by atoms with Crippen molar-refractivity contribution in [3.8, 4) is 0 Å². The fourth-order valence-corrected chi connectivity index (χ4v) is 1.42. The number of halogens is 1. The Morgan fingerprint density at radius 3 is 2.67 bits per heavy atom. The number of hydrogen-bond acceptors (Lipinski definition) is 4. The molecule has 2 N–H and O–H groups in total. The maximum atomic E-state index is 13.3. The van der Waals surface area contributed by atoms with Crippen molar-refractivity contribution in [2.45, 2.75) is 19.4 Å². The Labute approximate surface area is 104 Å². The Balaban J connectivity index is 2.98. The summed E-state index contributed by atoms with van der Waals surface area (Å²) in [4.78, 5) is 22.1. The Hall–Kier alpha value is -2.11. The topological polar surface area (TPSA) is 75.6 Å². The van der Waals surface area contributed by atoms with Gasteiger partial charge in [0.05, 0.1) is 12.7 Å². The number of rotatable bonds is 5. The predicted molar refractivity (Wildman–Crippen MR) is 63.1 cm³/mol. The fourth-order valence-electron chi connectivity index (χ4n) is 1.42. The monoisotopic (exact) mass is 255 g/mol. The van der Waals surface area contributed by atoms with E-state index in [4.69, 9.17) is 5.11 Å². The first kappa shape index (κ1) is 14.0. The van der Waals surface area contributed by atoms with Crippen LogP contribution in [0.2, 0.25) is 0 Å². The van der Waals surface area contributed by atoms with Crippen LogP contribution in [-0.4, -0.2) is 30.2 Å². The van der Waals surface area contributed by atoms with Crippen LogP contribution in [0.5, 0.6) is 0 Å². The number of hydrogen-bond donors (Lipinski definition) is 2.